The number of pyridine rings is 1. The van der Waals surface area contributed by atoms with E-state index in [-0.39, 0.29) is 0 Å². The SMILES string of the molecule is CNC(Cc1ccc(Cl)cc1)c1ccncc1. The molecule has 0 radical (unpaired) electrons. The quantitative estimate of drug-likeness (QED) is 0.896. The highest BCUT2D eigenvalue weighted by atomic mass is 35.5. The summed E-state index contributed by atoms with van der Waals surface area (Å²) in [7, 11) is 1.97. The summed E-state index contributed by atoms with van der Waals surface area (Å²) in [6, 6.07) is 12.4. The lowest BCUT2D eigenvalue weighted by Crippen LogP contribution is -2.18. The maximum Gasteiger partial charge on any atom is 0.0406 e. The highest BCUT2D eigenvalue weighted by Gasteiger charge is 2.09. The molecule has 1 heterocycles. The summed E-state index contributed by atoms with van der Waals surface area (Å²) in [6.45, 7) is 0. The van der Waals surface area contributed by atoms with Gasteiger partial charge in [0.05, 0.1) is 0 Å². The Kier molecular flexibility index (Phi) is 4.13. The van der Waals surface area contributed by atoms with Crippen molar-refractivity contribution in [1.29, 1.82) is 0 Å². The molecule has 0 saturated heterocycles. The van der Waals surface area contributed by atoms with Gasteiger partial charge >= 0.3 is 0 Å². The first kappa shape index (κ1) is 12.1. The van der Waals surface area contributed by atoms with Gasteiger partial charge in [0.1, 0.15) is 0 Å². The van der Waals surface area contributed by atoms with Gasteiger partial charge in [0, 0.05) is 23.5 Å². The predicted octanol–water partition coefficient (Wildman–Crippen LogP) is 3.24. The van der Waals surface area contributed by atoms with Gasteiger partial charge in [-0.1, -0.05) is 23.7 Å². The first-order valence-electron chi connectivity index (χ1n) is 5.61. The summed E-state index contributed by atoms with van der Waals surface area (Å²) in [4.78, 5) is 4.04. The molecule has 1 unspecified atom stereocenters. The van der Waals surface area contributed by atoms with Crippen LogP contribution in [-0.2, 0) is 6.42 Å². The monoisotopic (exact) mass is 246 g/mol. The topological polar surface area (TPSA) is 24.9 Å². The molecule has 17 heavy (non-hydrogen) atoms. The highest BCUT2D eigenvalue weighted by Crippen LogP contribution is 2.18. The Labute approximate surface area is 107 Å². The Balaban J connectivity index is 2.13. The van der Waals surface area contributed by atoms with Crippen LogP contribution in [0.1, 0.15) is 17.2 Å². The Morgan fingerprint density at radius 3 is 2.35 bits per heavy atom. The lowest BCUT2D eigenvalue weighted by atomic mass is 10.00. The van der Waals surface area contributed by atoms with Gasteiger partial charge in [0.25, 0.3) is 0 Å². The van der Waals surface area contributed by atoms with E-state index >= 15 is 0 Å². The normalized spacial score (nSPS) is 12.4. The molecule has 0 amide bonds. The Morgan fingerprint density at radius 1 is 1.12 bits per heavy atom. The summed E-state index contributed by atoms with van der Waals surface area (Å²) < 4.78 is 0. The molecule has 1 atom stereocenters. The third-order valence-corrected chi connectivity index (χ3v) is 3.06. The zero-order valence-electron chi connectivity index (χ0n) is 9.73. The molecule has 0 aliphatic carbocycles. The van der Waals surface area contributed by atoms with Crippen LogP contribution < -0.4 is 5.32 Å². The Morgan fingerprint density at radius 2 is 1.76 bits per heavy atom. The van der Waals surface area contributed by atoms with E-state index in [0.717, 1.165) is 11.4 Å². The minimum atomic E-state index is 0.305. The maximum atomic E-state index is 5.88. The first-order valence-corrected chi connectivity index (χ1v) is 5.99. The molecule has 88 valence electrons. The highest BCUT2D eigenvalue weighted by molar-refractivity contribution is 6.30. The van der Waals surface area contributed by atoms with Crippen LogP contribution in [-0.4, -0.2) is 12.0 Å². The summed E-state index contributed by atoms with van der Waals surface area (Å²) in [5, 5.41) is 4.10. The fourth-order valence-electron chi connectivity index (χ4n) is 1.84. The Hall–Kier alpha value is -1.38. The van der Waals surface area contributed by atoms with Crippen LogP contribution >= 0.6 is 11.6 Å². The number of nitrogens with zero attached hydrogens (tertiary/aromatic N) is 1. The van der Waals surface area contributed by atoms with Crippen LogP contribution in [0.15, 0.2) is 48.8 Å². The van der Waals surface area contributed by atoms with Gasteiger partial charge in [0.2, 0.25) is 0 Å². The van der Waals surface area contributed by atoms with Crippen LogP contribution in [0.4, 0.5) is 0 Å². The summed E-state index contributed by atoms with van der Waals surface area (Å²) >= 11 is 5.88. The van der Waals surface area contributed by atoms with Gasteiger partial charge in [-0.25, -0.2) is 0 Å². The minimum absolute atomic E-state index is 0.305. The number of aromatic nitrogens is 1. The molecule has 0 fully saturated rings. The van der Waals surface area contributed by atoms with Crippen molar-refractivity contribution in [2.45, 2.75) is 12.5 Å². The van der Waals surface area contributed by atoms with Crippen LogP contribution in [0.3, 0.4) is 0 Å². The number of likely N-dealkylation sites (N-methyl/N-ethyl adjacent to an activating group) is 1. The number of halogens is 1. The number of hydrogen-bond acceptors (Lipinski definition) is 2. The standard InChI is InChI=1S/C14H15ClN2/c1-16-14(12-6-8-17-9-7-12)10-11-2-4-13(15)5-3-11/h2-9,14,16H,10H2,1H3. The van der Waals surface area contributed by atoms with Gasteiger partial charge in [0.15, 0.2) is 0 Å². The van der Waals surface area contributed by atoms with E-state index in [9.17, 15) is 0 Å². The number of rotatable bonds is 4. The van der Waals surface area contributed by atoms with Crippen LogP contribution in [0.25, 0.3) is 0 Å². The zero-order chi connectivity index (χ0) is 12.1. The lowest BCUT2D eigenvalue weighted by Gasteiger charge is -2.16. The largest absolute Gasteiger partial charge is 0.313 e. The third kappa shape index (κ3) is 3.29. The molecule has 0 spiro atoms. The fraction of sp³-hybridized carbons (Fsp3) is 0.214. The van der Waals surface area contributed by atoms with Crippen LogP contribution in [0.2, 0.25) is 5.02 Å². The van der Waals surface area contributed by atoms with Gasteiger partial charge in [-0.15, -0.1) is 0 Å². The average Bonchev–Trinajstić information content (AvgIpc) is 2.39. The van der Waals surface area contributed by atoms with Crippen LogP contribution in [0.5, 0.6) is 0 Å². The van der Waals surface area contributed by atoms with Crippen molar-refractivity contribution in [1.82, 2.24) is 10.3 Å². The smallest absolute Gasteiger partial charge is 0.0406 e. The van der Waals surface area contributed by atoms with Crippen molar-refractivity contribution in [3.8, 4) is 0 Å². The summed E-state index contributed by atoms with van der Waals surface area (Å²) in [5.74, 6) is 0. The van der Waals surface area contributed by atoms with Gasteiger partial charge in [-0.3, -0.25) is 4.98 Å². The van der Waals surface area contributed by atoms with E-state index in [4.69, 9.17) is 11.6 Å². The van der Waals surface area contributed by atoms with Crippen LogP contribution in [0, 0.1) is 0 Å². The lowest BCUT2D eigenvalue weighted by molar-refractivity contribution is 0.591. The van der Waals surface area contributed by atoms with E-state index in [0.29, 0.717) is 6.04 Å². The van der Waals surface area contributed by atoms with Crippen molar-refractivity contribution in [3.63, 3.8) is 0 Å². The second kappa shape index (κ2) is 5.80. The number of nitrogens with one attached hydrogen (secondary N) is 1. The molecule has 2 aromatic rings. The molecular weight excluding hydrogens is 232 g/mol. The predicted molar refractivity (Wildman–Crippen MR) is 71.2 cm³/mol. The zero-order valence-corrected chi connectivity index (χ0v) is 10.5. The first-order chi connectivity index (χ1) is 8.29. The molecule has 0 bridgehead atoms. The van der Waals surface area contributed by atoms with E-state index in [1.807, 2.05) is 43.7 Å². The molecule has 0 saturated carbocycles. The van der Waals surface area contributed by atoms with E-state index in [1.165, 1.54) is 11.1 Å². The van der Waals surface area contributed by atoms with Crippen molar-refractivity contribution in [2.24, 2.45) is 0 Å². The number of hydrogen-bond donors (Lipinski definition) is 1. The summed E-state index contributed by atoms with van der Waals surface area (Å²) in [5.41, 5.74) is 2.52. The van der Waals surface area contributed by atoms with Gasteiger partial charge < -0.3 is 5.32 Å². The second-order valence-electron chi connectivity index (χ2n) is 3.95. The van der Waals surface area contributed by atoms with Crippen molar-refractivity contribution >= 4 is 11.6 Å². The molecule has 1 aromatic heterocycles. The maximum absolute atomic E-state index is 5.88. The molecule has 0 aliphatic rings. The van der Waals surface area contributed by atoms with Crippen molar-refractivity contribution in [3.05, 3.63) is 64.9 Å². The number of benzene rings is 1. The van der Waals surface area contributed by atoms with E-state index in [2.05, 4.69) is 22.4 Å². The fourth-order valence-corrected chi connectivity index (χ4v) is 1.96. The molecule has 2 rings (SSSR count). The average molecular weight is 247 g/mol. The minimum Gasteiger partial charge on any atom is -0.313 e. The molecule has 1 N–H and O–H groups in total. The third-order valence-electron chi connectivity index (χ3n) is 2.81. The van der Waals surface area contributed by atoms with E-state index < -0.39 is 0 Å². The molecule has 3 heteroatoms. The summed E-state index contributed by atoms with van der Waals surface area (Å²) in [6.07, 6.45) is 4.58. The second-order valence-corrected chi connectivity index (χ2v) is 4.39. The Bertz CT molecular complexity index is 453. The molecule has 0 aliphatic heterocycles. The molecule has 1 aromatic carbocycles. The van der Waals surface area contributed by atoms with Gasteiger partial charge in [-0.05, 0) is 48.9 Å². The van der Waals surface area contributed by atoms with Crippen molar-refractivity contribution in [2.75, 3.05) is 7.05 Å². The molecular formula is C14H15ClN2. The molecule has 2 nitrogen and oxygen atoms in total. The van der Waals surface area contributed by atoms with Gasteiger partial charge in [-0.2, -0.15) is 0 Å². The van der Waals surface area contributed by atoms with Crippen molar-refractivity contribution < 1.29 is 0 Å². The van der Waals surface area contributed by atoms with E-state index in [1.54, 1.807) is 0 Å².